The predicted octanol–water partition coefficient (Wildman–Crippen LogP) is 2.97. The molecule has 0 bridgehead atoms. The van der Waals surface area contributed by atoms with Crippen LogP contribution < -0.4 is 0 Å². The van der Waals surface area contributed by atoms with Crippen molar-refractivity contribution >= 4 is 17.2 Å². The van der Waals surface area contributed by atoms with Gasteiger partial charge in [0.25, 0.3) is 0 Å². The van der Waals surface area contributed by atoms with Crippen molar-refractivity contribution in [3.05, 3.63) is 52.0 Å². The molecule has 2 saturated heterocycles. The fourth-order valence-electron chi connectivity index (χ4n) is 3.71. The minimum atomic E-state index is -0.211. The number of carbonyl (C=O) groups is 1. The Kier molecular flexibility index (Phi) is 5.07. The zero-order chi connectivity index (χ0) is 18.0. The summed E-state index contributed by atoms with van der Waals surface area (Å²) >= 11 is 1.63. The molecule has 1 atom stereocenters. The molecule has 2 aliphatic rings. The van der Waals surface area contributed by atoms with Crippen LogP contribution in [0, 0.1) is 6.92 Å². The quantitative estimate of drug-likeness (QED) is 0.810. The molecule has 1 unspecified atom stereocenters. The first kappa shape index (κ1) is 17.6. The highest BCUT2D eigenvalue weighted by Crippen LogP contribution is 2.36. The summed E-state index contributed by atoms with van der Waals surface area (Å²) in [5, 5.41) is 4.05. The van der Waals surface area contributed by atoms with Crippen molar-refractivity contribution in [3.8, 4) is 0 Å². The van der Waals surface area contributed by atoms with Gasteiger partial charge in [-0.1, -0.05) is 0 Å². The number of pyridine rings is 1. The van der Waals surface area contributed by atoms with Gasteiger partial charge in [-0.15, -0.1) is 0 Å². The Labute approximate surface area is 157 Å². The van der Waals surface area contributed by atoms with E-state index in [1.807, 2.05) is 34.0 Å². The first-order valence-electron chi connectivity index (χ1n) is 9.07. The molecule has 0 radical (unpaired) electrons. The molecule has 0 N–H and O–H groups in total. The maximum absolute atomic E-state index is 12.4. The third kappa shape index (κ3) is 3.82. The Bertz CT molecular complexity index is 756. The van der Waals surface area contributed by atoms with Crippen LogP contribution in [-0.4, -0.2) is 47.2 Å². The van der Waals surface area contributed by atoms with Gasteiger partial charge in [0.1, 0.15) is 5.60 Å². The molecule has 0 saturated carbocycles. The average molecular weight is 372 g/mol. The summed E-state index contributed by atoms with van der Waals surface area (Å²) in [5.41, 5.74) is 3.22. The molecule has 2 aromatic heterocycles. The molecule has 0 aliphatic carbocycles. The summed E-state index contributed by atoms with van der Waals surface area (Å²) in [6.07, 6.45) is 6.10. The SMILES string of the molecule is Cc1ccncc1COC1CCOC2(C1)CN(C(=O)Cc1ccsc1)C2. The second-order valence-corrected chi connectivity index (χ2v) is 8.10. The molecule has 0 aromatic carbocycles. The highest BCUT2D eigenvalue weighted by atomic mass is 32.1. The van der Waals surface area contributed by atoms with Crippen LogP contribution in [0.25, 0.3) is 0 Å². The van der Waals surface area contributed by atoms with Gasteiger partial charge >= 0.3 is 0 Å². The summed E-state index contributed by atoms with van der Waals surface area (Å²) in [6.45, 7) is 4.72. The van der Waals surface area contributed by atoms with Gasteiger partial charge in [0.2, 0.25) is 5.91 Å². The molecule has 138 valence electrons. The minimum absolute atomic E-state index is 0.178. The maximum atomic E-state index is 12.4. The van der Waals surface area contributed by atoms with Gasteiger partial charge in [-0.3, -0.25) is 9.78 Å². The van der Waals surface area contributed by atoms with E-state index in [1.165, 1.54) is 5.56 Å². The summed E-state index contributed by atoms with van der Waals surface area (Å²) in [6, 6.07) is 4.02. The van der Waals surface area contributed by atoms with Gasteiger partial charge in [0, 0.05) is 25.4 Å². The first-order chi connectivity index (χ1) is 12.6. The number of hydrogen-bond donors (Lipinski definition) is 0. The Morgan fingerprint density at radius 1 is 1.46 bits per heavy atom. The Balaban J connectivity index is 1.28. The molecular weight excluding hydrogens is 348 g/mol. The molecule has 4 rings (SSSR count). The van der Waals surface area contributed by atoms with Crippen LogP contribution in [0.1, 0.15) is 29.5 Å². The minimum Gasteiger partial charge on any atom is -0.373 e. The number of rotatable bonds is 5. The number of likely N-dealkylation sites (tertiary alicyclic amines) is 1. The maximum Gasteiger partial charge on any atom is 0.227 e. The van der Waals surface area contributed by atoms with Crippen LogP contribution in [0.3, 0.4) is 0 Å². The Morgan fingerprint density at radius 3 is 3.12 bits per heavy atom. The lowest BCUT2D eigenvalue weighted by Crippen LogP contribution is -2.67. The molecule has 2 fully saturated rings. The van der Waals surface area contributed by atoms with Crippen molar-refractivity contribution in [2.24, 2.45) is 0 Å². The molecule has 5 nitrogen and oxygen atoms in total. The van der Waals surface area contributed by atoms with Crippen LogP contribution >= 0.6 is 11.3 Å². The number of nitrogens with zero attached hydrogens (tertiary/aromatic N) is 2. The van der Waals surface area contributed by atoms with Crippen LogP contribution in [0.2, 0.25) is 0 Å². The van der Waals surface area contributed by atoms with E-state index in [9.17, 15) is 4.79 Å². The highest BCUT2D eigenvalue weighted by Gasteiger charge is 2.49. The topological polar surface area (TPSA) is 51.7 Å². The fraction of sp³-hybridized carbons (Fsp3) is 0.500. The van der Waals surface area contributed by atoms with Crippen LogP contribution in [0.5, 0.6) is 0 Å². The van der Waals surface area contributed by atoms with Gasteiger partial charge in [0.15, 0.2) is 0 Å². The standard InChI is InChI=1S/C20H24N2O3S/c1-15-2-5-21-10-17(15)11-24-18-3-6-25-20(9-18)13-22(14-20)19(23)8-16-4-7-26-12-16/h2,4-5,7,10,12,18H,3,6,8-9,11,13-14H2,1H3. The number of aromatic nitrogens is 1. The van der Waals surface area contributed by atoms with Crippen molar-refractivity contribution in [3.63, 3.8) is 0 Å². The highest BCUT2D eigenvalue weighted by molar-refractivity contribution is 7.08. The molecule has 6 heteroatoms. The second kappa shape index (κ2) is 7.47. The summed E-state index contributed by atoms with van der Waals surface area (Å²) in [7, 11) is 0. The molecule has 4 heterocycles. The fourth-order valence-corrected chi connectivity index (χ4v) is 4.37. The van der Waals surface area contributed by atoms with E-state index in [2.05, 4.69) is 11.9 Å². The zero-order valence-corrected chi connectivity index (χ0v) is 15.8. The van der Waals surface area contributed by atoms with Crippen LogP contribution in [0.4, 0.5) is 0 Å². The number of carbonyl (C=O) groups excluding carboxylic acids is 1. The normalized spacial score (nSPS) is 21.6. The van der Waals surface area contributed by atoms with Crippen molar-refractivity contribution in [2.75, 3.05) is 19.7 Å². The third-order valence-electron chi connectivity index (χ3n) is 5.32. The van der Waals surface area contributed by atoms with E-state index in [1.54, 1.807) is 17.5 Å². The van der Waals surface area contributed by atoms with Crippen LogP contribution in [-0.2, 0) is 27.3 Å². The van der Waals surface area contributed by atoms with Crippen molar-refractivity contribution in [1.29, 1.82) is 0 Å². The first-order valence-corrected chi connectivity index (χ1v) is 10.0. The predicted molar refractivity (Wildman–Crippen MR) is 100 cm³/mol. The monoisotopic (exact) mass is 372 g/mol. The van der Waals surface area contributed by atoms with E-state index < -0.39 is 0 Å². The largest absolute Gasteiger partial charge is 0.373 e. The number of amides is 1. The van der Waals surface area contributed by atoms with Gasteiger partial charge in [-0.2, -0.15) is 11.3 Å². The van der Waals surface area contributed by atoms with Gasteiger partial charge in [0.05, 0.1) is 32.2 Å². The van der Waals surface area contributed by atoms with Gasteiger partial charge in [-0.05, 0) is 52.9 Å². The summed E-state index contributed by atoms with van der Waals surface area (Å²) < 4.78 is 12.2. The van der Waals surface area contributed by atoms with E-state index in [4.69, 9.17) is 9.47 Å². The number of aryl methyl sites for hydroxylation is 1. The molecule has 1 spiro atoms. The van der Waals surface area contributed by atoms with E-state index in [0.29, 0.717) is 32.7 Å². The zero-order valence-electron chi connectivity index (χ0n) is 15.0. The molecule has 2 aliphatic heterocycles. The number of thiophene rings is 1. The second-order valence-electron chi connectivity index (χ2n) is 7.32. The Hall–Kier alpha value is -1.76. The molecule has 2 aromatic rings. The van der Waals surface area contributed by atoms with E-state index in [-0.39, 0.29) is 17.6 Å². The third-order valence-corrected chi connectivity index (χ3v) is 6.05. The van der Waals surface area contributed by atoms with Crippen molar-refractivity contribution in [2.45, 2.75) is 44.5 Å². The molecule has 1 amide bonds. The van der Waals surface area contributed by atoms with Crippen LogP contribution in [0.15, 0.2) is 35.3 Å². The number of ether oxygens (including phenoxy) is 2. The Morgan fingerprint density at radius 2 is 2.35 bits per heavy atom. The van der Waals surface area contributed by atoms with Crippen molar-refractivity contribution in [1.82, 2.24) is 9.88 Å². The lowest BCUT2D eigenvalue weighted by Gasteiger charge is -2.53. The van der Waals surface area contributed by atoms with Crippen molar-refractivity contribution < 1.29 is 14.3 Å². The summed E-state index contributed by atoms with van der Waals surface area (Å²) in [4.78, 5) is 18.5. The molecule has 26 heavy (non-hydrogen) atoms. The lowest BCUT2D eigenvalue weighted by atomic mass is 9.84. The average Bonchev–Trinajstić information content (AvgIpc) is 3.12. The molecular formula is C20H24N2O3S. The van der Waals surface area contributed by atoms with Gasteiger partial charge in [-0.25, -0.2) is 0 Å². The van der Waals surface area contributed by atoms with E-state index >= 15 is 0 Å². The van der Waals surface area contributed by atoms with E-state index in [0.717, 1.165) is 24.0 Å². The summed E-state index contributed by atoms with van der Waals surface area (Å²) in [5.74, 6) is 0.187. The smallest absolute Gasteiger partial charge is 0.227 e. The number of hydrogen-bond acceptors (Lipinski definition) is 5. The lowest BCUT2D eigenvalue weighted by molar-refractivity contribution is -0.202. The van der Waals surface area contributed by atoms with Gasteiger partial charge < -0.3 is 14.4 Å².